The van der Waals surface area contributed by atoms with Gasteiger partial charge in [0.2, 0.25) is 0 Å². The molecule has 18 heavy (non-hydrogen) atoms. The molecular formula is C15H23NO2. The molecule has 0 aliphatic heterocycles. The smallest absolute Gasteiger partial charge is 0.119 e. The van der Waals surface area contributed by atoms with Gasteiger partial charge in [-0.15, -0.1) is 0 Å². The van der Waals surface area contributed by atoms with Gasteiger partial charge in [0.05, 0.1) is 12.7 Å². The van der Waals surface area contributed by atoms with Crippen molar-refractivity contribution in [1.82, 2.24) is 5.32 Å². The average molecular weight is 249 g/mol. The van der Waals surface area contributed by atoms with Crippen LogP contribution in [0, 0.1) is 0 Å². The minimum atomic E-state index is -0.0653. The van der Waals surface area contributed by atoms with Gasteiger partial charge < -0.3 is 15.2 Å². The van der Waals surface area contributed by atoms with Gasteiger partial charge in [-0.25, -0.2) is 0 Å². The maximum Gasteiger partial charge on any atom is 0.119 e. The summed E-state index contributed by atoms with van der Waals surface area (Å²) in [4.78, 5) is 0. The first-order chi connectivity index (χ1) is 8.84. The van der Waals surface area contributed by atoms with E-state index >= 15 is 0 Å². The summed E-state index contributed by atoms with van der Waals surface area (Å²) in [7, 11) is 0. The average Bonchev–Trinajstić information content (AvgIpc) is 2.42. The van der Waals surface area contributed by atoms with Crippen LogP contribution in [0.15, 0.2) is 30.3 Å². The van der Waals surface area contributed by atoms with Crippen LogP contribution in [0.1, 0.15) is 32.1 Å². The Labute approximate surface area is 109 Å². The Bertz CT molecular complexity index is 321. The Morgan fingerprint density at radius 2 is 1.83 bits per heavy atom. The summed E-state index contributed by atoms with van der Waals surface area (Å²) in [6.07, 6.45) is 5.04. The number of aliphatic hydroxyl groups excluding tert-OH is 1. The van der Waals surface area contributed by atoms with E-state index in [4.69, 9.17) is 4.74 Å². The molecule has 0 heterocycles. The highest BCUT2D eigenvalue weighted by Gasteiger charge is 2.18. The molecule has 1 aliphatic carbocycles. The first kappa shape index (κ1) is 13.4. The third-order valence-electron chi connectivity index (χ3n) is 3.46. The highest BCUT2D eigenvalue weighted by atomic mass is 16.5. The molecule has 1 saturated carbocycles. The zero-order chi connectivity index (χ0) is 12.6. The number of aliphatic hydroxyl groups is 1. The minimum absolute atomic E-state index is 0.0653. The first-order valence-electron chi connectivity index (χ1n) is 6.94. The van der Waals surface area contributed by atoms with E-state index in [0.29, 0.717) is 6.04 Å². The van der Waals surface area contributed by atoms with Crippen molar-refractivity contribution in [2.75, 3.05) is 13.2 Å². The molecule has 3 heteroatoms. The molecule has 1 aromatic rings. The van der Waals surface area contributed by atoms with Gasteiger partial charge in [0, 0.05) is 6.04 Å². The number of hydrogen-bond acceptors (Lipinski definition) is 3. The summed E-state index contributed by atoms with van der Waals surface area (Å²) >= 11 is 0. The zero-order valence-electron chi connectivity index (χ0n) is 10.8. The van der Waals surface area contributed by atoms with Gasteiger partial charge in [-0.1, -0.05) is 18.2 Å². The largest absolute Gasteiger partial charge is 0.494 e. The van der Waals surface area contributed by atoms with Crippen molar-refractivity contribution in [2.45, 2.75) is 44.2 Å². The lowest BCUT2D eigenvalue weighted by molar-refractivity contribution is 0.116. The standard InChI is InChI=1S/C15H23NO2/c17-14-9-7-13(8-10-14)16-11-4-12-18-15-5-2-1-3-6-15/h1-3,5-6,13-14,16-17H,4,7-12H2. The Morgan fingerprint density at radius 3 is 2.56 bits per heavy atom. The van der Waals surface area contributed by atoms with Crippen LogP contribution in [-0.4, -0.2) is 30.4 Å². The predicted molar refractivity (Wildman–Crippen MR) is 72.8 cm³/mol. The highest BCUT2D eigenvalue weighted by Crippen LogP contribution is 2.18. The molecule has 1 aliphatic rings. The second kappa shape index (κ2) is 7.39. The Morgan fingerprint density at radius 1 is 1.11 bits per heavy atom. The van der Waals surface area contributed by atoms with E-state index in [-0.39, 0.29) is 6.10 Å². The van der Waals surface area contributed by atoms with Gasteiger partial charge in [-0.05, 0) is 50.8 Å². The van der Waals surface area contributed by atoms with Crippen molar-refractivity contribution in [1.29, 1.82) is 0 Å². The van der Waals surface area contributed by atoms with E-state index < -0.39 is 0 Å². The topological polar surface area (TPSA) is 41.5 Å². The number of hydrogen-bond donors (Lipinski definition) is 2. The highest BCUT2D eigenvalue weighted by molar-refractivity contribution is 5.20. The fourth-order valence-electron chi connectivity index (χ4n) is 2.37. The minimum Gasteiger partial charge on any atom is -0.494 e. The molecule has 0 aromatic heterocycles. The SMILES string of the molecule is OC1CCC(NCCCOc2ccccc2)CC1. The number of para-hydroxylation sites is 1. The van der Waals surface area contributed by atoms with E-state index in [0.717, 1.165) is 51.0 Å². The second-order valence-electron chi connectivity index (χ2n) is 4.97. The van der Waals surface area contributed by atoms with Crippen LogP contribution < -0.4 is 10.1 Å². The monoisotopic (exact) mass is 249 g/mol. The van der Waals surface area contributed by atoms with Crippen LogP contribution in [0.3, 0.4) is 0 Å². The van der Waals surface area contributed by atoms with Crippen LogP contribution in [0.4, 0.5) is 0 Å². The lowest BCUT2D eigenvalue weighted by Gasteiger charge is -2.26. The van der Waals surface area contributed by atoms with Crippen LogP contribution in [0.2, 0.25) is 0 Å². The van der Waals surface area contributed by atoms with Crippen molar-refractivity contribution in [2.24, 2.45) is 0 Å². The van der Waals surface area contributed by atoms with Crippen molar-refractivity contribution in [3.05, 3.63) is 30.3 Å². The van der Waals surface area contributed by atoms with E-state index in [1.165, 1.54) is 0 Å². The van der Waals surface area contributed by atoms with Gasteiger partial charge in [0.25, 0.3) is 0 Å². The van der Waals surface area contributed by atoms with Crippen molar-refractivity contribution in [3.63, 3.8) is 0 Å². The molecule has 3 nitrogen and oxygen atoms in total. The Balaban J connectivity index is 1.51. The van der Waals surface area contributed by atoms with E-state index in [1.807, 2.05) is 30.3 Å². The number of ether oxygens (including phenoxy) is 1. The number of benzene rings is 1. The number of nitrogens with one attached hydrogen (secondary N) is 1. The summed E-state index contributed by atoms with van der Waals surface area (Å²) in [6, 6.07) is 10.5. The molecule has 0 bridgehead atoms. The summed E-state index contributed by atoms with van der Waals surface area (Å²) in [6.45, 7) is 1.75. The molecule has 0 atom stereocenters. The third kappa shape index (κ3) is 4.67. The van der Waals surface area contributed by atoms with Crippen LogP contribution in [-0.2, 0) is 0 Å². The molecule has 0 saturated heterocycles. The third-order valence-corrected chi connectivity index (χ3v) is 3.46. The summed E-state index contributed by atoms with van der Waals surface area (Å²) in [5, 5.41) is 13.0. The van der Waals surface area contributed by atoms with E-state index in [9.17, 15) is 5.11 Å². The maximum atomic E-state index is 9.41. The molecule has 0 unspecified atom stereocenters. The van der Waals surface area contributed by atoms with Crippen LogP contribution in [0.5, 0.6) is 5.75 Å². The molecule has 1 fully saturated rings. The molecule has 1 aromatic carbocycles. The number of rotatable bonds is 6. The predicted octanol–water partition coefficient (Wildman–Crippen LogP) is 2.35. The van der Waals surface area contributed by atoms with Gasteiger partial charge in [0.15, 0.2) is 0 Å². The van der Waals surface area contributed by atoms with Crippen LogP contribution >= 0.6 is 0 Å². The van der Waals surface area contributed by atoms with Crippen molar-refractivity contribution in [3.8, 4) is 5.75 Å². The lowest BCUT2D eigenvalue weighted by Crippen LogP contribution is -2.35. The molecule has 0 radical (unpaired) electrons. The lowest BCUT2D eigenvalue weighted by atomic mass is 9.93. The normalized spacial score (nSPS) is 23.8. The fraction of sp³-hybridized carbons (Fsp3) is 0.600. The quantitative estimate of drug-likeness (QED) is 0.760. The maximum absolute atomic E-state index is 9.41. The molecule has 0 spiro atoms. The fourth-order valence-corrected chi connectivity index (χ4v) is 2.37. The summed E-state index contributed by atoms with van der Waals surface area (Å²) in [5.74, 6) is 0.943. The van der Waals surface area contributed by atoms with Gasteiger partial charge >= 0.3 is 0 Å². The molecular weight excluding hydrogens is 226 g/mol. The van der Waals surface area contributed by atoms with Crippen LogP contribution in [0.25, 0.3) is 0 Å². The summed E-state index contributed by atoms with van der Waals surface area (Å²) in [5.41, 5.74) is 0. The zero-order valence-corrected chi connectivity index (χ0v) is 10.8. The summed E-state index contributed by atoms with van der Waals surface area (Å²) < 4.78 is 5.63. The Hall–Kier alpha value is -1.06. The Kier molecular flexibility index (Phi) is 5.49. The van der Waals surface area contributed by atoms with E-state index in [2.05, 4.69) is 5.32 Å². The van der Waals surface area contributed by atoms with Gasteiger partial charge in [0.1, 0.15) is 5.75 Å². The molecule has 2 N–H and O–H groups in total. The first-order valence-corrected chi connectivity index (χ1v) is 6.94. The molecule has 2 rings (SSSR count). The van der Waals surface area contributed by atoms with Gasteiger partial charge in [-0.2, -0.15) is 0 Å². The van der Waals surface area contributed by atoms with Crippen molar-refractivity contribution < 1.29 is 9.84 Å². The molecule has 100 valence electrons. The van der Waals surface area contributed by atoms with Gasteiger partial charge in [-0.3, -0.25) is 0 Å². The van der Waals surface area contributed by atoms with E-state index in [1.54, 1.807) is 0 Å². The molecule has 0 amide bonds. The second-order valence-corrected chi connectivity index (χ2v) is 4.97. The van der Waals surface area contributed by atoms with Crippen molar-refractivity contribution >= 4 is 0 Å².